The number of hydrogen-bond donors (Lipinski definition) is 1. The van der Waals surface area contributed by atoms with Crippen LogP contribution in [0, 0.1) is 5.41 Å². The van der Waals surface area contributed by atoms with E-state index in [-0.39, 0.29) is 6.84 Å². The van der Waals surface area contributed by atoms with Crippen molar-refractivity contribution in [2.75, 3.05) is 19.8 Å². The van der Waals surface area contributed by atoms with E-state index in [4.69, 9.17) is 4.74 Å². The lowest BCUT2D eigenvalue weighted by atomic mass is 9.85. The zero-order chi connectivity index (χ0) is 11.4. The molecule has 0 aromatic carbocycles. The predicted molar refractivity (Wildman–Crippen MR) is 63.1 cm³/mol. The largest absolute Gasteiger partial charge is 0.380 e. The smallest absolute Gasteiger partial charge is 0.137 e. The van der Waals surface area contributed by atoms with Crippen LogP contribution in [0.5, 0.6) is 0 Å². The van der Waals surface area contributed by atoms with Gasteiger partial charge in [-0.05, 0) is 13.3 Å². The van der Waals surface area contributed by atoms with E-state index in [1.54, 1.807) is 12.7 Å². The maximum atomic E-state index is 5.35. The van der Waals surface area contributed by atoms with E-state index in [0.717, 1.165) is 32.7 Å². The summed E-state index contributed by atoms with van der Waals surface area (Å²) in [7, 11) is 0. The molecule has 1 aliphatic rings. The first kappa shape index (κ1) is 11.5. The van der Waals surface area contributed by atoms with Crippen molar-refractivity contribution < 1.29 is 6.16 Å². The van der Waals surface area contributed by atoms with Crippen molar-refractivity contribution >= 4 is 0 Å². The van der Waals surface area contributed by atoms with Gasteiger partial charge in [-0.1, -0.05) is 6.92 Å². The summed E-state index contributed by atoms with van der Waals surface area (Å²) in [5, 5.41) is 7.70. The number of hydrogen-bond acceptors (Lipinski definition) is 4. The first-order chi connectivity index (χ1) is 7.74. The summed E-state index contributed by atoms with van der Waals surface area (Å²) in [6.07, 6.45) is 4.50. The number of ether oxygens (including phenoxy) is 1. The summed E-state index contributed by atoms with van der Waals surface area (Å²) >= 11 is 0. The minimum absolute atomic E-state index is 0. The van der Waals surface area contributed by atoms with Gasteiger partial charge in [-0.15, -0.1) is 0 Å². The third-order valence-electron chi connectivity index (χ3n) is 3.22. The molecule has 1 aromatic rings. The predicted octanol–water partition coefficient (Wildman–Crippen LogP) is 0.929. The van der Waals surface area contributed by atoms with Gasteiger partial charge in [0.15, 0.2) is 0 Å². The van der Waals surface area contributed by atoms with E-state index >= 15 is 0 Å². The monoisotopic (exact) mass is 226 g/mol. The lowest BCUT2D eigenvalue weighted by molar-refractivity contribution is -0.122. The molecule has 1 atom stereocenters. The molecular weight excluding hydrogens is 204 g/mol. The molecule has 0 spiro atoms. The van der Waals surface area contributed by atoms with Gasteiger partial charge in [0.1, 0.15) is 12.7 Å². The average Bonchev–Trinajstić information content (AvgIpc) is 2.73. The fourth-order valence-electron chi connectivity index (χ4n) is 1.83. The quantitative estimate of drug-likeness (QED) is 0.784. The summed E-state index contributed by atoms with van der Waals surface area (Å²) in [4.78, 5) is 3.97. The van der Waals surface area contributed by atoms with E-state index in [1.807, 2.05) is 4.68 Å². The summed E-state index contributed by atoms with van der Waals surface area (Å²) < 4.78 is 7.24. The molecule has 1 aliphatic heterocycles. The first-order valence-corrected chi connectivity index (χ1v) is 5.88. The van der Waals surface area contributed by atoms with Gasteiger partial charge in [0.25, 0.3) is 0 Å². The van der Waals surface area contributed by atoms with Crippen LogP contribution in [0.4, 0.5) is 0 Å². The summed E-state index contributed by atoms with van der Waals surface area (Å²) in [6.45, 7) is 7.91. The molecule has 0 amide bonds. The van der Waals surface area contributed by atoms with Crippen molar-refractivity contribution in [2.45, 2.75) is 32.9 Å². The van der Waals surface area contributed by atoms with Crippen molar-refractivity contribution in [3.05, 3.63) is 12.7 Å². The Bertz CT molecular complexity index is 313. The summed E-state index contributed by atoms with van der Waals surface area (Å²) in [5.41, 5.74) is 0.205. The topological polar surface area (TPSA) is 52.0 Å². The summed E-state index contributed by atoms with van der Waals surface area (Å²) in [6, 6.07) is 0.563. The molecule has 1 N–H and O–H groups in total. The van der Waals surface area contributed by atoms with Gasteiger partial charge in [0, 0.05) is 19.4 Å². The van der Waals surface area contributed by atoms with Crippen molar-refractivity contribution in [2.24, 2.45) is 5.41 Å². The fraction of sp³-hybridized carbons (Fsp3) is 0.818. The van der Waals surface area contributed by atoms with Gasteiger partial charge in [-0.3, -0.25) is 4.68 Å². The van der Waals surface area contributed by atoms with E-state index < -0.39 is 0 Å². The molecular formula is C11H22N4O. The molecule has 1 saturated heterocycles. The van der Waals surface area contributed by atoms with Crippen LogP contribution in [-0.4, -0.2) is 40.6 Å². The Labute approximate surface area is 97.7 Å². The van der Waals surface area contributed by atoms with Crippen molar-refractivity contribution in [1.29, 1.82) is 0 Å². The Morgan fingerprint density at radius 1 is 1.62 bits per heavy atom. The van der Waals surface area contributed by atoms with Crippen LogP contribution in [0.3, 0.4) is 0 Å². The Morgan fingerprint density at radius 3 is 2.94 bits per heavy atom. The zero-order valence-electron chi connectivity index (χ0n) is 10.0. The molecule has 16 heavy (non-hydrogen) atoms. The molecule has 5 heteroatoms. The van der Waals surface area contributed by atoms with Crippen LogP contribution in [0.2, 0.25) is 0 Å². The van der Waals surface area contributed by atoms with E-state index in [9.17, 15) is 0 Å². The second-order valence-corrected chi connectivity index (χ2v) is 4.78. The highest BCUT2D eigenvalue weighted by Crippen LogP contribution is 2.28. The molecule has 5 nitrogen and oxygen atoms in total. The molecule has 1 aromatic heterocycles. The molecule has 92 valence electrons. The lowest BCUT2D eigenvalue weighted by Crippen LogP contribution is -2.53. The molecule has 0 radical (unpaired) electrons. The highest BCUT2D eigenvalue weighted by molar-refractivity contribution is 4.88. The summed E-state index contributed by atoms with van der Waals surface area (Å²) in [5.74, 6) is 0. The van der Waals surface area contributed by atoms with Gasteiger partial charge in [0.05, 0.1) is 19.8 Å². The van der Waals surface area contributed by atoms with Crippen LogP contribution in [0.15, 0.2) is 12.7 Å². The highest BCUT2D eigenvalue weighted by Gasteiger charge is 2.39. The van der Waals surface area contributed by atoms with Gasteiger partial charge < -0.3 is 10.1 Å². The highest BCUT2D eigenvalue weighted by atomic mass is 16.5. The molecule has 2 rings (SSSR count). The Kier molecular flexibility index (Phi) is 3.56. The number of nitrogens with zero attached hydrogens (tertiary/aromatic N) is 3. The average molecular weight is 226 g/mol. The van der Waals surface area contributed by atoms with Gasteiger partial charge >= 0.3 is 0 Å². The van der Waals surface area contributed by atoms with E-state index in [2.05, 4.69) is 29.2 Å². The fourth-order valence-corrected chi connectivity index (χ4v) is 1.83. The van der Waals surface area contributed by atoms with E-state index in [0.29, 0.717) is 6.04 Å². The molecule has 1 unspecified atom stereocenters. The normalized spacial score (nSPS) is 20.4. The SMILES string of the molecule is CCC(C)NCC1(Cn2cncn2)COC1.[HH]. The van der Waals surface area contributed by atoms with Crippen LogP contribution in [0.25, 0.3) is 0 Å². The van der Waals surface area contributed by atoms with Gasteiger partial charge in [0.2, 0.25) is 0 Å². The second kappa shape index (κ2) is 4.93. The third kappa shape index (κ3) is 2.59. The van der Waals surface area contributed by atoms with Crippen LogP contribution >= 0.6 is 0 Å². The molecule has 1 fully saturated rings. The van der Waals surface area contributed by atoms with Crippen LogP contribution in [0.1, 0.15) is 21.7 Å². The minimum atomic E-state index is 0. The van der Waals surface area contributed by atoms with Crippen molar-refractivity contribution in [3.63, 3.8) is 0 Å². The zero-order valence-corrected chi connectivity index (χ0v) is 10.0. The van der Waals surface area contributed by atoms with Crippen molar-refractivity contribution in [3.8, 4) is 0 Å². The Hall–Kier alpha value is -0.940. The van der Waals surface area contributed by atoms with Crippen molar-refractivity contribution in [1.82, 2.24) is 20.1 Å². The van der Waals surface area contributed by atoms with Gasteiger partial charge in [-0.25, -0.2) is 4.98 Å². The standard InChI is InChI=1S/C11H20N4O.H2/c1-3-10(2)13-4-11(6-16-7-11)5-15-9-12-8-14-15;/h8-10,13H,3-7H2,1-2H3;1H. The molecule has 0 aliphatic carbocycles. The van der Waals surface area contributed by atoms with Crippen LogP contribution < -0.4 is 5.32 Å². The first-order valence-electron chi connectivity index (χ1n) is 5.88. The number of aromatic nitrogens is 3. The number of nitrogens with one attached hydrogen (secondary N) is 1. The molecule has 0 saturated carbocycles. The lowest BCUT2D eigenvalue weighted by Gasteiger charge is -2.42. The molecule has 0 bridgehead atoms. The number of rotatable bonds is 6. The third-order valence-corrected chi connectivity index (χ3v) is 3.22. The maximum absolute atomic E-state index is 5.35. The van der Waals surface area contributed by atoms with Crippen LogP contribution in [-0.2, 0) is 11.3 Å². The Balaban J connectivity index is 0.00000144. The molecule has 2 heterocycles. The maximum Gasteiger partial charge on any atom is 0.137 e. The van der Waals surface area contributed by atoms with Gasteiger partial charge in [-0.2, -0.15) is 5.10 Å². The van der Waals surface area contributed by atoms with E-state index in [1.165, 1.54) is 0 Å². The Morgan fingerprint density at radius 2 is 2.44 bits per heavy atom. The second-order valence-electron chi connectivity index (χ2n) is 4.78. The minimum Gasteiger partial charge on any atom is -0.380 e.